The van der Waals surface area contributed by atoms with E-state index in [0.717, 1.165) is 68.5 Å². The summed E-state index contributed by atoms with van der Waals surface area (Å²) in [7, 11) is -2.78. The molecule has 32 heavy (non-hydrogen) atoms. The van der Waals surface area contributed by atoms with E-state index in [9.17, 15) is 21.6 Å². The van der Waals surface area contributed by atoms with E-state index in [4.69, 9.17) is 0 Å². The van der Waals surface area contributed by atoms with E-state index in [1.165, 1.54) is 6.07 Å². The van der Waals surface area contributed by atoms with Gasteiger partial charge in [0.2, 0.25) is 0 Å². The number of hydrogen-bond donors (Lipinski definition) is 3. The molecule has 1 aromatic carbocycles. The molecule has 1 saturated heterocycles. The van der Waals surface area contributed by atoms with Crippen LogP contribution in [0.4, 0.5) is 24.7 Å². The van der Waals surface area contributed by atoms with Gasteiger partial charge in [-0.05, 0) is 62.8 Å². The van der Waals surface area contributed by atoms with Crippen LogP contribution in [0.15, 0.2) is 18.2 Å². The molecular formula is C20H23F3N5O2ReS-. The molecule has 2 heterocycles. The number of aromatic nitrogens is 2. The van der Waals surface area contributed by atoms with Gasteiger partial charge >= 0.3 is 6.18 Å². The van der Waals surface area contributed by atoms with Crippen LogP contribution in [-0.4, -0.2) is 29.3 Å². The molecule has 1 aliphatic heterocycles. The second kappa shape index (κ2) is 10.5. The summed E-state index contributed by atoms with van der Waals surface area (Å²) in [6.07, 6.45) is 0.902. The van der Waals surface area contributed by atoms with Crippen molar-refractivity contribution in [3.8, 4) is 11.3 Å². The molecule has 7 nitrogen and oxygen atoms in total. The van der Waals surface area contributed by atoms with Gasteiger partial charge in [0.05, 0.1) is 11.3 Å². The zero-order chi connectivity index (χ0) is 22.0. The molecule has 0 spiro atoms. The van der Waals surface area contributed by atoms with Crippen molar-refractivity contribution >= 4 is 22.4 Å². The van der Waals surface area contributed by atoms with Crippen molar-refractivity contribution < 1.29 is 42.0 Å². The summed E-state index contributed by atoms with van der Waals surface area (Å²) in [4.78, 5) is 0. The summed E-state index contributed by atoms with van der Waals surface area (Å²) in [6.45, 7) is 1.83. The first-order valence-corrected chi connectivity index (χ1v) is 11.3. The van der Waals surface area contributed by atoms with Gasteiger partial charge in [0.1, 0.15) is 0 Å². The van der Waals surface area contributed by atoms with Crippen LogP contribution < -0.4 is 15.4 Å². The van der Waals surface area contributed by atoms with Gasteiger partial charge in [-0.25, -0.2) is 0 Å². The van der Waals surface area contributed by atoms with Gasteiger partial charge in [0, 0.05) is 60.7 Å². The average Bonchev–Trinajstić information content (AvgIpc) is 2.74. The summed E-state index contributed by atoms with van der Waals surface area (Å²) in [6, 6.07) is 3.23. The van der Waals surface area contributed by atoms with Crippen molar-refractivity contribution in [3.63, 3.8) is 0 Å². The number of hydrogen-bond acceptors (Lipinski definition) is 7. The monoisotopic (exact) mass is 641 g/mol. The van der Waals surface area contributed by atoms with Crippen molar-refractivity contribution in [3.05, 3.63) is 34.9 Å². The fourth-order valence-corrected chi connectivity index (χ4v) is 4.60. The maximum atomic E-state index is 13.2. The molecule has 1 fully saturated rings. The fraction of sp³-hybridized carbons (Fsp3) is 0.500. The fourth-order valence-electron chi connectivity index (χ4n) is 4.25. The Balaban J connectivity index is 0.00000289. The summed E-state index contributed by atoms with van der Waals surface area (Å²) in [5, 5.41) is 15.5. The molecule has 2 aromatic rings. The predicted molar refractivity (Wildman–Crippen MR) is 111 cm³/mol. The number of alkyl halides is 3. The van der Waals surface area contributed by atoms with Crippen LogP contribution in [0.5, 0.6) is 0 Å². The summed E-state index contributed by atoms with van der Waals surface area (Å²) >= 11 is 0. The van der Waals surface area contributed by atoms with Crippen molar-refractivity contribution in [1.82, 2.24) is 15.5 Å². The molecule has 175 valence electrons. The maximum absolute atomic E-state index is 13.2. The SMILES string of the molecule is O=[S-](=O)Nc1cc(C(F)(F)F)ccc1-c1nnc(NC2CCCNC2)c2c1CCCC2.[Re]. The van der Waals surface area contributed by atoms with Gasteiger partial charge in [-0.2, -0.15) is 13.2 Å². The second-order valence-corrected chi connectivity index (χ2v) is 8.52. The molecule has 0 saturated carbocycles. The molecule has 3 N–H and O–H groups in total. The Labute approximate surface area is 199 Å². The Morgan fingerprint density at radius 2 is 1.81 bits per heavy atom. The average molecular weight is 641 g/mol. The van der Waals surface area contributed by atoms with Crippen molar-refractivity contribution in [2.45, 2.75) is 50.7 Å². The van der Waals surface area contributed by atoms with Gasteiger partial charge in [0.25, 0.3) is 0 Å². The number of halogens is 3. The van der Waals surface area contributed by atoms with Crippen molar-refractivity contribution in [2.24, 2.45) is 0 Å². The van der Waals surface area contributed by atoms with Gasteiger partial charge in [-0.1, -0.05) is 6.07 Å². The number of fused-ring (bicyclic) bond motifs is 1. The minimum absolute atomic E-state index is 0. The number of piperidine rings is 1. The first kappa shape index (κ1) is 24.9. The Morgan fingerprint density at radius 3 is 2.47 bits per heavy atom. The van der Waals surface area contributed by atoms with Crippen LogP contribution in [0.2, 0.25) is 0 Å². The van der Waals surface area contributed by atoms with E-state index in [2.05, 4.69) is 25.6 Å². The zero-order valence-electron chi connectivity index (χ0n) is 17.1. The Morgan fingerprint density at radius 1 is 1.06 bits per heavy atom. The number of nitrogens with one attached hydrogen (secondary N) is 3. The molecule has 0 bridgehead atoms. The van der Waals surface area contributed by atoms with Crippen molar-refractivity contribution in [2.75, 3.05) is 23.1 Å². The quantitative estimate of drug-likeness (QED) is 0.430. The third kappa shape index (κ3) is 5.60. The largest absolute Gasteiger partial charge is 0.419 e. The van der Waals surface area contributed by atoms with Crippen LogP contribution in [0.1, 0.15) is 42.4 Å². The minimum Gasteiger partial charge on any atom is -0.419 e. The molecule has 12 heteroatoms. The van der Waals surface area contributed by atoms with E-state index >= 15 is 0 Å². The zero-order valence-corrected chi connectivity index (χ0v) is 20.6. The first-order valence-electron chi connectivity index (χ1n) is 10.3. The summed E-state index contributed by atoms with van der Waals surface area (Å²) < 4.78 is 64.1. The second-order valence-electron chi connectivity index (χ2n) is 7.84. The van der Waals surface area contributed by atoms with E-state index in [-0.39, 0.29) is 37.7 Å². The summed E-state index contributed by atoms with van der Waals surface area (Å²) in [5.41, 5.74) is 1.52. The Kier molecular flexibility index (Phi) is 8.14. The topological polar surface area (TPSA) is 96.0 Å². The molecule has 4 rings (SSSR count). The number of anilines is 2. The Bertz CT molecular complexity index is 1030. The van der Waals surface area contributed by atoms with E-state index < -0.39 is 22.6 Å². The van der Waals surface area contributed by atoms with Crippen LogP contribution in [0.25, 0.3) is 11.3 Å². The van der Waals surface area contributed by atoms with E-state index in [1.54, 1.807) is 0 Å². The number of nitrogens with zero attached hydrogens (tertiary/aromatic N) is 2. The normalized spacial score (nSPS) is 18.6. The number of benzene rings is 1. The van der Waals surface area contributed by atoms with Crippen LogP contribution in [-0.2, 0) is 58.7 Å². The molecular weight excluding hydrogens is 618 g/mol. The summed E-state index contributed by atoms with van der Waals surface area (Å²) in [5.74, 6) is 0.709. The van der Waals surface area contributed by atoms with E-state index in [0.29, 0.717) is 17.9 Å². The molecule has 1 atom stereocenters. The first-order chi connectivity index (χ1) is 14.8. The Hall–Kier alpha value is -1.74. The standard InChI is InChI=1S/C20H23F3N5O2S.Re/c21-20(22,23)12-7-8-16(17(10-12)28-31(29)30)18-14-5-1-2-6-15(14)19(27-26-18)25-13-4-3-9-24-11-13;/h7-8,10,13,24H,1-6,9,11H2,(H,25,27)(H,28,29,30);/q-1;. The van der Waals surface area contributed by atoms with Crippen LogP contribution >= 0.6 is 0 Å². The molecule has 0 amide bonds. The smallest absolute Gasteiger partial charge is 0.416 e. The van der Waals surface area contributed by atoms with E-state index in [1.807, 2.05) is 0 Å². The van der Waals surface area contributed by atoms with Gasteiger partial charge in [-0.15, -0.1) is 10.2 Å². The predicted octanol–water partition coefficient (Wildman–Crippen LogP) is 3.84. The van der Waals surface area contributed by atoms with Gasteiger partial charge in [-0.3, -0.25) is 0 Å². The van der Waals surface area contributed by atoms with Gasteiger partial charge < -0.3 is 23.8 Å². The molecule has 1 unspecified atom stereocenters. The van der Waals surface area contributed by atoms with Crippen LogP contribution in [0, 0.1) is 0 Å². The molecule has 1 radical (unpaired) electrons. The third-order valence-electron chi connectivity index (χ3n) is 5.72. The third-order valence-corrected chi connectivity index (χ3v) is 6.11. The number of rotatable bonds is 5. The molecule has 2 aliphatic rings. The van der Waals surface area contributed by atoms with Crippen LogP contribution in [0.3, 0.4) is 0 Å². The minimum atomic E-state index is -4.59. The molecule has 1 aromatic heterocycles. The van der Waals surface area contributed by atoms with Gasteiger partial charge in [0.15, 0.2) is 5.82 Å². The maximum Gasteiger partial charge on any atom is 0.416 e. The van der Waals surface area contributed by atoms with Crippen molar-refractivity contribution in [1.29, 1.82) is 0 Å². The molecule has 1 aliphatic carbocycles.